The lowest BCUT2D eigenvalue weighted by Crippen LogP contribution is -2.52. The van der Waals surface area contributed by atoms with Gasteiger partial charge in [0.1, 0.15) is 0 Å². The highest BCUT2D eigenvalue weighted by Crippen LogP contribution is 2.36. The second-order valence-corrected chi connectivity index (χ2v) is 9.21. The zero-order valence-electron chi connectivity index (χ0n) is 18.1. The van der Waals surface area contributed by atoms with E-state index in [0.29, 0.717) is 42.2 Å². The SMILES string of the molecule is O=C(CSc1nc2ccccc2c(=O)n1C1CC1)N1CCN(C(=O)Nc2ccccc2)CC1. The Morgan fingerprint density at radius 3 is 2.33 bits per heavy atom. The molecule has 3 amide bonds. The Morgan fingerprint density at radius 1 is 0.939 bits per heavy atom. The van der Waals surface area contributed by atoms with Crippen molar-refractivity contribution >= 4 is 40.3 Å². The van der Waals surface area contributed by atoms with Crippen molar-refractivity contribution in [1.82, 2.24) is 19.4 Å². The number of thioether (sulfide) groups is 1. The molecule has 170 valence electrons. The summed E-state index contributed by atoms with van der Waals surface area (Å²) < 4.78 is 1.76. The Hall–Kier alpha value is -3.33. The molecule has 8 nitrogen and oxygen atoms in total. The number of nitrogens with one attached hydrogen (secondary N) is 1. The van der Waals surface area contributed by atoms with E-state index in [9.17, 15) is 14.4 Å². The third kappa shape index (κ3) is 4.73. The first-order valence-electron chi connectivity index (χ1n) is 11.1. The lowest BCUT2D eigenvalue weighted by Gasteiger charge is -2.34. The number of hydrogen-bond donors (Lipinski definition) is 1. The number of nitrogens with zero attached hydrogens (tertiary/aromatic N) is 4. The number of hydrogen-bond acceptors (Lipinski definition) is 5. The van der Waals surface area contributed by atoms with Crippen LogP contribution in [0.1, 0.15) is 18.9 Å². The van der Waals surface area contributed by atoms with Crippen molar-refractivity contribution in [2.45, 2.75) is 24.0 Å². The van der Waals surface area contributed by atoms with Gasteiger partial charge in [-0.15, -0.1) is 0 Å². The van der Waals surface area contributed by atoms with Gasteiger partial charge in [0.25, 0.3) is 5.56 Å². The lowest BCUT2D eigenvalue weighted by molar-refractivity contribution is -0.129. The number of carbonyl (C=O) groups is 2. The topological polar surface area (TPSA) is 87.5 Å². The number of fused-ring (bicyclic) bond motifs is 1. The number of anilines is 1. The molecule has 1 saturated heterocycles. The number of para-hydroxylation sites is 2. The average Bonchev–Trinajstić information content (AvgIpc) is 3.68. The van der Waals surface area contributed by atoms with Gasteiger partial charge in [0.05, 0.1) is 16.7 Å². The van der Waals surface area contributed by atoms with Crippen LogP contribution in [-0.2, 0) is 4.79 Å². The van der Waals surface area contributed by atoms with E-state index in [2.05, 4.69) is 10.3 Å². The van der Waals surface area contributed by atoms with Crippen molar-refractivity contribution in [2.24, 2.45) is 0 Å². The first-order valence-corrected chi connectivity index (χ1v) is 12.1. The molecule has 1 aliphatic carbocycles. The van der Waals surface area contributed by atoms with Gasteiger partial charge in [-0.25, -0.2) is 9.78 Å². The zero-order valence-corrected chi connectivity index (χ0v) is 19.0. The molecule has 5 rings (SSSR count). The summed E-state index contributed by atoms with van der Waals surface area (Å²) in [4.78, 5) is 46.5. The summed E-state index contributed by atoms with van der Waals surface area (Å²) in [5, 5.41) is 4.11. The van der Waals surface area contributed by atoms with E-state index in [1.54, 1.807) is 20.4 Å². The molecule has 2 fully saturated rings. The Balaban J connectivity index is 1.19. The zero-order chi connectivity index (χ0) is 22.8. The van der Waals surface area contributed by atoms with Crippen LogP contribution in [0.3, 0.4) is 0 Å². The molecule has 0 atom stereocenters. The van der Waals surface area contributed by atoms with Crippen molar-refractivity contribution in [3.8, 4) is 0 Å². The maximum Gasteiger partial charge on any atom is 0.321 e. The smallest absolute Gasteiger partial charge is 0.321 e. The third-order valence-electron chi connectivity index (χ3n) is 5.96. The van der Waals surface area contributed by atoms with E-state index in [4.69, 9.17) is 0 Å². The van der Waals surface area contributed by atoms with Gasteiger partial charge >= 0.3 is 6.03 Å². The van der Waals surface area contributed by atoms with Crippen LogP contribution in [-0.4, -0.2) is 63.2 Å². The highest BCUT2D eigenvalue weighted by molar-refractivity contribution is 7.99. The van der Waals surface area contributed by atoms with Crippen LogP contribution in [0.15, 0.2) is 64.5 Å². The van der Waals surface area contributed by atoms with E-state index in [1.165, 1.54) is 11.8 Å². The highest BCUT2D eigenvalue weighted by Gasteiger charge is 2.29. The molecular formula is C24H25N5O3S. The fourth-order valence-electron chi connectivity index (χ4n) is 3.98. The predicted octanol–water partition coefficient (Wildman–Crippen LogP) is 3.20. The van der Waals surface area contributed by atoms with Crippen LogP contribution in [0.2, 0.25) is 0 Å². The summed E-state index contributed by atoms with van der Waals surface area (Å²) in [6.45, 7) is 1.94. The van der Waals surface area contributed by atoms with E-state index < -0.39 is 0 Å². The van der Waals surface area contributed by atoms with Crippen LogP contribution in [0.4, 0.5) is 10.5 Å². The number of piperazine rings is 1. The molecule has 9 heteroatoms. The second-order valence-electron chi connectivity index (χ2n) is 8.27. The molecule has 1 saturated carbocycles. The van der Waals surface area contributed by atoms with Gasteiger partial charge in [0.15, 0.2) is 5.16 Å². The van der Waals surface area contributed by atoms with E-state index >= 15 is 0 Å². The van der Waals surface area contributed by atoms with Crippen LogP contribution >= 0.6 is 11.8 Å². The minimum Gasteiger partial charge on any atom is -0.338 e. The molecule has 0 unspecified atom stereocenters. The molecule has 1 N–H and O–H groups in total. The van der Waals surface area contributed by atoms with Gasteiger partial charge in [-0.3, -0.25) is 14.2 Å². The number of benzene rings is 2. The molecule has 0 radical (unpaired) electrons. The lowest BCUT2D eigenvalue weighted by atomic mass is 10.2. The van der Waals surface area contributed by atoms with Gasteiger partial charge in [-0.1, -0.05) is 42.1 Å². The molecule has 2 aliphatic rings. The van der Waals surface area contributed by atoms with Crippen molar-refractivity contribution in [3.63, 3.8) is 0 Å². The molecule has 2 heterocycles. The first-order chi connectivity index (χ1) is 16.1. The Kier molecular flexibility index (Phi) is 6.04. The van der Waals surface area contributed by atoms with Crippen molar-refractivity contribution in [2.75, 3.05) is 37.2 Å². The van der Waals surface area contributed by atoms with E-state index in [1.807, 2.05) is 48.5 Å². The number of carbonyl (C=O) groups excluding carboxylic acids is 2. The van der Waals surface area contributed by atoms with Crippen molar-refractivity contribution < 1.29 is 9.59 Å². The maximum absolute atomic E-state index is 13.0. The number of urea groups is 1. The standard InChI is InChI=1S/C24H25N5O3S/c30-21(27-12-14-28(15-13-27)23(32)25-17-6-2-1-3-7-17)16-33-24-26-20-9-5-4-8-19(20)22(31)29(24)18-10-11-18/h1-9,18H,10-16H2,(H,25,32). The third-order valence-corrected chi connectivity index (χ3v) is 6.89. The van der Waals surface area contributed by atoms with Gasteiger partial charge in [-0.05, 0) is 37.1 Å². The average molecular weight is 464 g/mol. The van der Waals surface area contributed by atoms with Crippen LogP contribution in [0, 0.1) is 0 Å². The van der Waals surface area contributed by atoms with Gasteiger partial charge in [0, 0.05) is 37.9 Å². The normalized spacial score (nSPS) is 16.1. The Morgan fingerprint density at radius 2 is 1.61 bits per heavy atom. The first kappa shape index (κ1) is 21.5. The van der Waals surface area contributed by atoms with Crippen LogP contribution in [0.25, 0.3) is 10.9 Å². The maximum atomic E-state index is 13.0. The molecule has 0 bridgehead atoms. The molecule has 1 aromatic heterocycles. The summed E-state index contributed by atoms with van der Waals surface area (Å²) >= 11 is 1.32. The summed E-state index contributed by atoms with van der Waals surface area (Å²) in [6, 6.07) is 16.7. The Labute approximate surface area is 195 Å². The second kappa shape index (κ2) is 9.27. The van der Waals surface area contributed by atoms with E-state index in [-0.39, 0.29) is 29.3 Å². The minimum absolute atomic E-state index is 0.00660. The highest BCUT2D eigenvalue weighted by atomic mass is 32.2. The van der Waals surface area contributed by atoms with Crippen LogP contribution in [0.5, 0.6) is 0 Å². The molecule has 1 aliphatic heterocycles. The summed E-state index contributed by atoms with van der Waals surface area (Å²) in [7, 11) is 0. The summed E-state index contributed by atoms with van der Waals surface area (Å²) in [5.41, 5.74) is 1.38. The molecule has 33 heavy (non-hydrogen) atoms. The van der Waals surface area contributed by atoms with Crippen molar-refractivity contribution in [3.05, 3.63) is 65.0 Å². The fraction of sp³-hybridized carbons (Fsp3) is 0.333. The molecular weight excluding hydrogens is 438 g/mol. The molecule has 3 aromatic rings. The number of aromatic nitrogens is 2. The molecule has 2 aromatic carbocycles. The molecule has 0 spiro atoms. The van der Waals surface area contributed by atoms with Gasteiger partial charge in [-0.2, -0.15) is 0 Å². The van der Waals surface area contributed by atoms with Crippen molar-refractivity contribution in [1.29, 1.82) is 0 Å². The van der Waals surface area contributed by atoms with Gasteiger partial charge < -0.3 is 15.1 Å². The van der Waals surface area contributed by atoms with Crippen LogP contribution < -0.4 is 10.9 Å². The Bertz CT molecular complexity index is 1230. The summed E-state index contributed by atoms with van der Waals surface area (Å²) in [5.74, 6) is 0.209. The fourth-order valence-corrected chi connectivity index (χ4v) is 4.95. The predicted molar refractivity (Wildman–Crippen MR) is 129 cm³/mol. The quantitative estimate of drug-likeness (QED) is 0.464. The minimum atomic E-state index is -0.156. The largest absolute Gasteiger partial charge is 0.338 e. The number of amides is 3. The van der Waals surface area contributed by atoms with E-state index in [0.717, 1.165) is 18.5 Å². The monoisotopic (exact) mass is 463 g/mol. The van der Waals surface area contributed by atoms with Gasteiger partial charge in [0.2, 0.25) is 5.91 Å². The number of rotatable bonds is 5. The summed E-state index contributed by atoms with van der Waals surface area (Å²) in [6.07, 6.45) is 1.93.